The highest BCUT2D eigenvalue weighted by Gasteiger charge is 2.15. The van der Waals surface area contributed by atoms with E-state index in [1.807, 2.05) is 0 Å². The molecule has 1 fully saturated rings. The molecule has 1 unspecified atom stereocenters. The van der Waals surface area contributed by atoms with E-state index in [0.717, 1.165) is 19.4 Å². The first-order chi connectivity index (χ1) is 11.0. The van der Waals surface area contributed by atoms with Crippen LogP contribution in [0.1, 0.15) is 22.6 Å². The molecule has 0 radical (unpaired) electrons. The van der Waals surface area contributed by atoms with Gasteiger partial charge in [-0.2, -0.15) is 0 Å². The van der Waals surface area contributed by atoms with Crippen LogP contribution in [-0.2, 0) is 16.1 Å². The van der Waals surface area contributed by atoms with Gasteiger partial charge in [0.1, 0.15) is 6.54 Å². The summed E-state index contributed by atoms with van der Waals surface area (Å²) in [6.45, 7) is 4.48. The van der Waals surface area contributed by atoms with E-state index in [1.165, 1.54) is 9.75 Å². The van der Waals surface area contributed by atoms with Crippen molar-refractivity contribution in [2.24, 2.45) is 4.99 Å². The molecule has 128 valence electrons. The number of guanidine groups is 1. The molecule has 2 heterocycles. The monoisotopic (exact) mass is 338 g/mol. The lowest BCUT2D eigenvalue weighted by atomic mass is 10.2. The number of carbonyl (C=O) groups is 1. The standard InChI is InChI=1S/C16H26N4O2S/c1-12-6-7-14(23-12)10-18-16(19-11-15(21)20(2)3)17-9-13-5-4-8-22-13/h6-7,13H,4-5,8-11H2,1-3H3,(H2,17,18,19). The maximum atomic E-state index is 11.7. The second-order valence-electron chi connectivity index (χ2n) is 5.83. The highest BCUT2D eigenvalue weighted by molar-refractivity contribution is 7.11. The minimum Gasteiger partial charge on any atom is -0.376 e. The number of amides is 1. The molecule has 1 amide bonds. The van der Waals surface area contributed by atoms with Crippen molar-refractivity contribution >= 4 is 23.2 Å². The van der Waals surface area contributed by atoms with E-state index >= 15 is 0 Å². The highest BCUT2D eigenvalue weighted by Crippen LogP contribution is 2.14. The van der Waals surface area contributed by atoms with Gasteiger partial charge in [0, 0.05) is 37.0 Å². The predicted octanol–water partition coefficient (Wildman–Crippen LogP) is 1.36. The van der Waals surface area contributed by atoms with Crippen molar-refractivity contribution in [3.05, 3.63) is 21.9 Å². The van der Waals surface area contributed by atoms with Gasteiger partial charge in [0.25, 0.3) is 0 Å². The molecule has 7 heteroatoms. The Balaban J connectivity index is 1.88. The number of nitrogens with zero attached hydrogens (tertiary/aromatic N) is 2. The number of likely N-dealkylation sites (N-methyl/N-ethyl adjacent to an activating group) is 1. The molecule has 1 atom stereocenters. The number of carbonyl (C=O) groups excluding carboxylic acids is 1. The molecule has 1 aromatic rings. The first kappa shape index (κ1) is 17.7. The van der Waals surface area contributed by atoms with Gasteiger partial charge in [-0.15, -0.1) is 11.3 Å². The summed E-state index contributed by atoms with van der Waals surface area (Å²) in [5.41, 5.74) is 0. The average molecular weight is 338 g/mol. The van der Waals surface area contributed by atoms with Gasteiger partial charge in [-0.05, 0) is 31.9 Å². The topological polar surface area (TPSA) is 66.0 Å². The molecular weight excluding hydrogens is 312 g/mol. The molecule has 1 saturated heterocycles. The third kappa shape index (κ3) is 6.19. The Morgan fingerprint density at radius 3 is 2.87 bits per heavy atom. The Morgan fingerprint density at radius 2 is 2.26 bits per heavy atom. The van der Waals surface area contributed by atoms with Crippen LogP contribution in [0, 0.1) is 6.92 Å². The van der Waals surface area contributed by atoms with E-state index in [-0.39, 0.29) is 18.6 Å². The second kappa shape index (κ2) is 8.88. The molecule has 6 nitrogen and oxygen atoms in total. The number of aryl methyl sites for hydroxylation is 1. The van der Waals surface area contributed by atoms with Crippen LogP contribution in [0.2, 0.25) is 0 Å². The summed E-state index contributed by atoms with van der Waals surface area (Å²) < 4.78 is 5.61. The van der Waals surface area contributed by atoms with Crippen LogP contribution >= 0.6 is 11.3 Å². The third-order valence-corrected chi connectivity index (χ3v) is 4.62. The van der Waals surface area contributed by atoms with Crippen LogP contribution in [-0.4, -0.2) is 56.7 Å². The number of hydrogen-bond donors (Lipinski definition) is 2. The molecule has 1 aliphatic heterocycles. The van der Waals surface area contributed by atoms with Gasteiger partial charge in [-0.3, -0.25) is 4.79 Å². The van der Waals surface area contributed by atoms with E-state index in [0.29, 0.717) is 19.0 Å². The summed E-state index contributed by atoms with van der Waals surface area (Å²) in [5, 5.41) is 6.57. The van der Waals surface area contributed by atoms with Crippen LogP contribution < -0.4 is 10.6 Å². The number of aliphatic imine (C=N–C) groups is 1. The fourth-order valence-electron chi connectivity index (χ4n) is 2.23. The molecule has 0 bridgehead atoms. The maximum absolute atomic E-state index is 11.7. The molecule has 0 saturated carbocycles. The molecule has 0 spiro atoms. The largest absolute Gasteiger partial charge is 0.376 e. The molecule has 0 aromatic carbocycles. The minimum absolute atomic E-state index is 0.0183. The van der Waals surface area contributed by atoms with Gasteiger partial charge in [-0.1, -0.05) is 0 Å². The average Bonchev–Trinajstić information content (AvgIpc) is 3.17. The Labute approximate surface area is 141 Å². The normalized spacial score (nSPS) is 18.0. The van der Waals surface area contributed by atoms with Gasteiger partial charge in [0.15, 0.2) is 5.96 Å². The molecule has 23 heavy (non-hydrogen) atoms. The molecule has 1 aliphatic rings. The lowest BCUT2D eigenvalue weighted by Crippen LogP contribution is -2.41. The molecular formula is C16H26N4O2S. The smallest absolute Gasteiger partial charge is 0.243 e. The van der Waals surface area contributed by atoms with E-state index in [9.17, 15) is 4.79 Å². The van der Waals surface area contributed by atoms with Crippen LogP contribution in [0.15, 0.2) is 17.1 Å². The van der Waals surface area contributed by atoms with Crippen molar-refractivity contribution in [1.29, 1.82) is 0 Å². The van der Waals surface area contributed by atoms with Crippen molar-refractivity contribution in [3.8, 4) is 0 Å². The zero-order valence-corrected chi connectivity index (χ0v) is 14.9. The third-order valence-electron chi connectivity index (χ3n) is 3.62. The first-order valence-corrected chi connectivity index (χ1v) is 8.75. The lowest BCUT2D eigenvalue weighted by Gasteiger charge is -2.16. The van der Waals surface area contributed by atoms with Crippen LogP contribution in [0.3, 0.4) is 0 Å². The van der Waals surface area contributed by atoms with Crippen LogP contribution in [0.25, 0.3) is 0 Å². The SMILES string of the molecule is Cc1ccc(CNC(=NCC(=O)N(C)C)NCC2CCCO2)s1. The summed E-state index contributed by atoms with van der Waals surface area (Å²) in [6.07, 6.45) is 2.41. The molecule has 2 N–H and O–H groups in total. The Morgan fingerprint density at radius 1 is 1.43 bits per heavy atom. The molecule has 1 aromatic heterocycles. The number of ether oxygens (including phenoxy) is 1. The van der Waals surface area contributed by atoms with Gasteiger partial charge < -0.3 is 20.3 Å². The zero-order chi connectivity index (χ0) is 16.7. The number of thiophene rings is 1. The summed E-state index contributed by atoms with van der Waals surface area (Å²) in [6, 6.07) is 4.21. The summed E-state index contributed by atoms with van der Waals surface area (Å²) in [7, 11) is 3.47. The fraction of sp³-hybridized carbons (Fsp3) is 0.625. The Bertz CT molecular complexity index is 536. The van der Waals surface area contributed by atoms with Crippen molar-refractivity contribution in [2.45, 2.75) is 32.4 Å². The molecule has 2 rings (SSSR count). The van der Waals surface area contributed by atoms with E-state index in [2.05, 4.69) is 34.7 Å². The van der Waals surface area contributed by atoms with Crippen LogP contribution in [0.5, 0.6) is 0 Å². The first-order valence-electron chi connectivity index (χ1n) is 7.94. The van der Waals surface area contributed by atoms with Crippen molar-refractivity contribution in [1.82, 2.24) is 15.5 Å². The number of rotatable bonds is 6. The van der Waals surface area contributed by atoms with Crippen molar-refractivity contribution < 1.29 is 9.53 Å². The molecule has 0 aliphatic carbocycles. The second-order valence-corrected chi connectivity index (χ2v) is 7.21. The van der Waals surface area contributed by atoms with Gasteiger partial charge >= 0.3 is 0 Å². The van der Waals surface area contributed by atoms with Gasteiger partial charge in [0.2, 0.25) is 5.91 Å². The number of hydrogen-bond acceptors (Lipinski definition) is 4. The highest BCUT2D eigenvalue weighted by atomic mass is 32.1. The summed E-state index contributed by atoms with van der Waals surface area (Å²) >= 11 is 1.76. The van der Waals surface area contributed by atoms with E-state index < -0.39 is 0 Å². The summed E-state index contributed by atoms with van der Waals surface area (Å²) in [4.78, 5) is 20.2. The Hall–Kier alpha value is -1.60. The van der Waals surface area contributed by atoms with Crippen molar-refractivity contribution in [3.63, 3.8) is 0 Å². The zero-order valence-electron chi connectivity index (χ0n) is 14.1. The van der Waals surface area contributed by atoms with Crippen molar-refractivity contribution in [2.75, 3.05) is 33.8 Å². The van der Waals surface area contributed by atoms with Gasteiger partial charge in [0.05, 0.1) is 12.6 Å². The van der Waals surface area contributed by atoms with Crippen LogP contribution in [0.4, 0.5) is 0 Å². The minimum atomic E-state index is -0.0183. The van der Waals surface area contributed by atoms with Gasteiger partial charge in [-0.25, -0.2) is 4.99 Å². The van der Waals surface area contributed by atoms with E-state index in [1.54, 1.807) is 30.3 Å². The fourth-order valence-corrected chi connectivity index (χ4v) is 3.06. The number of nitrogens with one attached hydrogen (secondary N) is 2. The quantitative estimate of drug-likeness (QED) is 0.607. The maximum Gasteiger partial charge on any atom is 0.243 e. The lowest BCUT2D eigenvalue weighted by molar-refractivity contribution is -0.127. The van der Waals surface area contributed by atoms with E-state index in [4.69, 9.17) is 4.74 Å². The Kier molecular flexibility index (Phi) is 6.85. The summed E-state index contributed by atoms with van der Waals surface area (Å²) in [5.74, 6) is 0.636. The predicted molar refractivity (Wildman–Crippen MR) is 93.9 cm³/mol.